The van der Waals surface area contributed by atoms with E-state index in [-0.39, 0.29) is 30.6 Å². The van der Waals surface area contributed by atoms with Gasteiger partial charge in [-0.15, -0.1) is 0 Å². The molecule has 1 N–H and O–H groups in total. The topological polar surface area (TPSA) is 96.1 Å². The Bertz CT molecular complexity index is 1470. The minimum Gasteiger partial charge on any atom is -0.376 e. The number of rotatable bonds is 9. The van der Waals surface area contributed by atoms with Crippen LogP contribution in [0.1, 0.15) is 30.1 Å². The van der Waals surface area contributed by atoms with Crippen molar-refractivity contribution in [1.82, 2.24) is 29.6 Å². The van der Waals surface area contributed by atoms with Crippen LogP contribution in [-0.2, 0) is 23.3 Å². The van der Waals surface area contributed by atoms with Crippen molar-refractivity contribution in [2.45, 2.75) is 64.3 Å². The lowest BCUT2D eigenvalue weighted by Crippen LogP contribution is -2.40. The summed E-state index contributed by atoms with van der Waals surface area (Å²) in [5, 5.41) is 8.42. The number of ether oxygens (including phenoxy) is 2. The van der Waals surface area contributed by atoms with Gasteiger partial charge in [0.2, 0.25) is 0 Å². The summed E-state index contributed by atoms with van der Waals surface area (Å²) < 4.78 is 29.0. The van der Waals surface area contributed by atoms with Crippen molar-refractivity contribution in [2.75, 3.05) is 13.2 Å². The predicted molar refractivity (Wildman–Crippen MR) is 147 cm³/mol. The Hall–Kier alpha value is -3.15. The lowest BCUT2D eigenvalue weighted by atomic mass is 10.1. The van der Waals surface area contributed by atoms with Crippen LogP contribution in [0.25, 0.3) is 33.5 Å². The molecule has 1 aliphatic rings. The fourth-order valence-corrected chi connectivity index (χ4v) is 5.52. The minimum absolute atomic E-state index is 0.000813. The van der Waals surface area contributed by atoms with Crippen molar-refractivity contribution in [3.8, 4) is 11.4 Å². The molecule has 38 heavy (non-hydrogen) atoms. The van der Waals surface area contributed by atoms with E-state index < -0.39 is 8.07 Å². The van der Waals surface area contributed by atoms with E-state index in [9.17, 15) is 9.18 Å². The standard InChI is InChI=1S/C27H35FN6O3Si/c1-17(23-7-6-10-37-23)30-27(35)20-15-34(16-36-11-12-38(3,4)5)26-25(20)31-21(14-29-26)24-19-9-8-18(28)13-22(19)33(2)32-24/h8-9,13-15,17,23H,6-7,10-12,16H2,1-5H3,(H,30,35)/t17-,23-/m1/s1. The molecular weight excluding hydrogens is 503 g/mol. The highest BCUT2D eigenvalue weighted by Gasteiger charge is 2.26. The van der Waals surface area contributed by atoms with Gasteiger partial charge >= 0.3 is 0 Å². The zero-order chi connectivity index (χ0) is 27.0. The third-order valence-corrected chi connectivity index (χ3v) is 8.68. The second-order valence-corrected chi connectivity index (χ2v) is 16.9. The Morgan fingerprint density at radius 2 is 2.16 bits per heavy atom. The van der Waals surface area contributed by atoms with Crippen LogP contribution in [0.5, 0.6) is 0 Å². The smallest absolute Gasteiger partial charge is 0.255 e. The fourth-order valence-electron chi connectivity index (χ4n) is 4.77. The number of aryl methyl sites for hydroxylation is 1. The summed E-state index contributed by atoms with van der Waals surface area (Å²) in [6.45, 7) is 10.5. The number of amides is 1. The first-order valence-corrected chi connectivity index (χ1v) is 16.8. The summed E-state index contributed by atoms with van der Waals surface area (Å²) in [6, 6.07) is 5.44. The molecule has 2 atom stereocenters. The number of nitrogens with zero attached hydrogens (tertiary/aromatic N) is 5. The van der Waals surface area contributed by atoms with Crippen LogP contribution in [0.2, 0.25) is 25.7 Å². The first-order chi connectivity index (χ1) is 18.1. The molecule has 1 saturated heterocycles. The molecule has 1 fully saturated rings. The summed E-state index contributed by atoms with van der Waals surface area (Å²) >= 11 is 0. The van der Waals surface area contributed by atoms with Gasteiger partial charge in [0.1, 0.15) is 29.5 Å². The second kappa shape index (κ2) is 10.5. The van der Waals surface area contributed by atoms with E-state index >= 15 is 0 Å². The maximum Gasteiger partial charge on any atom is 0.255 e. The summed E-state index contributed by atoms with van der Waals surface area (Å²) in [7, 11) is 0.528. The zero-order valence-electron chi connectivity index (χ0n) is 22.6. The van der Waals surface area contributed by atoms with E-state index in [2.05, 4.69) is 35.0 Å². The minimum atomic E-state index is -1.23. The number of nitrogens with one attached hydrogen (secondary N) is 1. The monoisotopic (exact) mass is 538 g/mol. The van der Waals surface area contributed by atoms with Crippen molar-refractivity contribution in [3.05, 3.63) is 42.0 Å². The molecule has 11 heteroatoms. The van der Waals surface area contributed by atoms with Gasteiger partial charge in [-0.25, -0.2) is 14.4 Å². The average molecular weight is 539 g/mol. The summed E-state index contributed by atoms with van der Waals surface area (Å²) in [6.07, 6.45) is 5.31. The van der Waals surface area contributed by atoms with Gasteiger partial charge in [0, 0.05) is 39.9 Å². The van der Waals surface area contributed by atoms with Gasteiger partial charge in [-0.05, 0) is 44.0 Å². The Kier molecular flexibility index (Phi) is 7.34. The molecule has 0 radical (unpaired) electrons. The third kappa shape index (κ3) is 5.50. The molecule has 1 amide bonds. The molecular formula is C27H35FN6O3Si. The number of aromatic nitrogens is 5. The first-order valence-electron chi connectivity index (χ1n) is 13.1. The van der Waals surface area contributed by atoms with Crippen molar-refractivity contribution in [1.29, 1.82) is 0 Å². The number of halogens is 1. The molecule has 1 aliphatic heterocycles. The largest absolute Gasteiger partial charge is 0.376 e. The van der Waals surface area contributed by atoms with Gasteiger partial charge in [0.25, 0.3) is 5.91 Å². The number of benzene rings is 1. The molecule has 0 aliphatic carbocycles. The first kappa shape index (κ1) is 26.5. The number of carbonyl (C=O) groups excluding carboxylic acids is 1. The lowest BCUT2D eigenvalue weighted by molar-refractivity contribution is 0.0711. The molecule has 0 spiro atoms. The van der Waals surface area contributed by atoms with Gasteiger partial charge in [-0.3, -0.25) is 9.48 Å². The van der Waals surface area contributed by atoms with Crippen molar-refractivity contribution >= 4 is 36.0 Å². The van der Waals surface area contributed by atoms with E-state index in [1.54, 1.807) is 30.2 Å². The quantitative estimate of drug-likeness (QED) is 0.244. The molecule has 202 valence electrons. The molecule has 4 aromatic rings. The molecule has 4 heterocycles. The van der Waals surface area contributed by atoms with E-state index in [0.717, 1.165) is 30.9 Å². The van der Waals surface area contributed by atoms with Gasteiger partial charge in [-0.1, -0.05) is 19.6 Å². The maximum atomic E-state index is 13.9. The Labute approximate surface area is 222 Å². The highest BCUT2D eigenvalue weighted by Crippen LogP contribution is 2.29. The van der Waals surface area contributed by atoms with Crippen LogP contribution in [-0.4, -0.2) is 63.7 Å². The summed E-state index contributed by atoms with van der Waals surface area (Å²) in [5.74, 6) is -0.572. The molecule has 1 aromatic carbocycles. The Morgan fingerprint density at radius 3 is 2.89 bits per heavy atom. The van der Waals surface area contributed by atoms with E-state index in [1.807, 2.05) is 11.5 Å². The van der Waals surface area contributed by atoms with Crippen LogP contribution in [0.15, 0.2) is 30.6 Å². The maximum absolute atomic E-state index is 13.9. The molecule has 0 saturated carbocycles. The lowest BCUT2D eigenvalue weighted by Gasteiger charge is -2.19. The summed E-state index contributed by atoms with van der Waals surface area (Å²) in [5.41, 5.74) is 3.18. The molecule has 3 aromatic heterocycles. The predicted octanol–water partition coefficient (Wildman–Crippen LogP) is 4.73. The van der Waals surface area contributed by atoms with Gasteiger partial charge in [-0.2, -0.15) is 5.10 Å². The highest BCUT2D eigenvalue weighted by atomic mass is 28.3. The van der Waals surface area contributed by atoms with E-state index in [0.29, 0.717) is 40.2 Å². The SMILES string of the molecule is C[C@@H](NC(=O)c1cn(COCC[Si](C)(C)C)c2ncc(-c3nn(C)c4cc(F)ccc34)nc12)[C@H]1CCCO1. The molecule has 5 rings (SSSR count). The number of hydrogen-bond acceptors (Lipinski definition) is 6. The van der Waals surface area contributed by atoms with Gasteiger partial charge in [0.05, 0.1) is 29.4 Å². The van der Waals surface area contributed by atoms with E-state index in [4.69, 9.17) is 14.5 Å². The van der Waals surface area contributed by atoms with Crippen LogP contribution in [0, 0.1) is 5.82 Å². The van der Waals surface area contributed by atoms with Gasteiger partial charge < -0.3 is 19.4 Å². The molecule has 0 unspecified atom stereocenters. The molecule has 0 bridgehead atoms. The Balaban J connectivity index is 1.50. The molecule has 9 nitrogen and oxygen atoms in total. The number of hydrogen-bond donors (Lipinski definition) is 1. The summed E-state index contributed by atoms with van der Waals surface area (Å²) in [4.78, 5) is 23.0. The van der Waals surface area contributed by atoms with Crippen molar-refractivity contribution in [2.24, 2.45) is 7.05 Å². The number of fused-ring (bicyclic) bond motifs is 2. The zero-order valence-corrected chi connectivity index (χ0v) is 23.6. The fraction of sp³-hybridized carbons (Fsp3) is 0.481. The average Bonchev–Trinajstić information content (AvgIpc) is 3.59. The van der Waals surface area contributed by atoms with Crippen LogP contribution in [0.3, 0.4) is 0 Å². The van der Waals surface area contributed by atoms with Crippen molar-refractivity contribution in [3.63, 3.8) is 0 Å². The second-order valence-electron chi connectivity index (χ2n) is 11.2. The van der Waals surface area contributed by atoms with Crippen LogP contribution in [0.4, 0.5) is 4.39 Å². The van der Waals surface area contributed by atoms with E-state index in [1.165, 1.54) is 12.1 Å². The normalized spacial score (nSPS) is 16.9. The van der Waals surface area contributed by atoms with Crippen LogP contribution < -0.4 is 5.32 Å². The highest BCUT2D eigenvalue weighted by molar-refractivity contribution is 6.76. The van der Waals surface area contributed by atoms with Crippen molar-refractivity contribution < 1.29 is 18.7 Å². The van der Waals surface area contributed by atoms with Gasteiger partial charge in [0.15, 0.2) is 5.65 Å². The number of carbonyl (C=O) groups is 1. The van der Waals surface area contributed by atoms with Crippen LogP contribution >= 0.6 is 0 Å². The third-order valence-electron chi connectivity index (χ3n) is 6.97. The Morgan fingerprint density at radius 1 is 1.34 bits per heavy atom.